The van der Waals surface area contributed by atoms with Crippen molar-refractivity contribution < 1.29 is 4.79 Å². The van der Waals surface area contributed by atoms with Crippen LogP contribution in [0.15, 0.2) is 42.5 Å². The summed E-state index contributed by atoms with van der Waals surface area (Å²) in [5.41, 5.74) is 11.5. The summed E-state index contributed by atoms with van der Waals surface area (Å²) in [5, 5.41) is 0. The van der Waals surface area contributed by atoms with Gasteiger partial charge in [0.2, 0.25) is 5.91 Å². The molecule has 0 aromatic heterocycles. The monoisotopic (exact) mass is 294 g/mol. The van der Waals surface area contributed by atoms with Crippen LogP contribution in [0.2, 0.25) is 0 Å². The van der Waals surface area contributed by atoms with Gasteiger partial charge in [0.1, 0.15) is 0 Å². The summed E-state index contributed by atoms with van der Waals surface area (Å²) in [5.74, 6) is 0.190. The third kappa shape index (κ3) is 2.84. The average molecular weight is 294 g/mol. The zero-order chi connectivity index (χ0) is 15.5. The summed E-state index contributed by atoms with van der Waals surface area (Å²) >= 11 is 0. The van der Waals surface area contributed by atoms with Crippen LogP contribution in [0.5, 0.6) is 0 Å². The number of benzene rings is 2. The van der Waals surface area contributed by atoms with Gasteiger partial charge in [0.05, 0.1) is 0 Å². The van der Waals surface area contributed by atoms with Gasteiger partial charge in [-0.05, 0) is 55.0 Å². The molecule has 0 radical (unpaired) electrons. The highest BCUT2D eigenvalue weighted by Crippen LogP contribution is 2.31. The molecule has 2 aromatic rings. The van der Waals surface area contributed by atoms with E-state index >= 15 is 0 Å². The molecule has 0 atom stereocenters. The number of hydrogen-bond donors (Lipinski definition) is 1. The fourth-order valence-electron chi connectivity index (χ4n) is 3.18. The van der Waals surface area contributed by atoms with Crippen LogP contribution in [-0.4, -0.2) is 12.5 Å². The van der Waals surface area contributed by atoms with Crippen LogP contribution < -0.4 is 10.6 Å². The van der Waals surface area contributed by atoms with Crippen molar-refractivity contribution in [1.29, 1.82) is 0 Å². The normalized spacial score (nSPS) is 13.8. The van der Waals surface area contributed by atoms with Gasteiger partial charge >= 0.3 is 0 Å². The molecular weight excluding hydrogens is 272 g/mol. The highest BCUT2D eigenvalue weighted by molar-refractivity contribution is 5.95. The van der Waals surface area contributed by atoms with Crippen molar-refractivity contribution in [2.75, 3.05) is 17.2 Å². The number of amides is 1. The summed E-state index contributed by atoms with van der Waals surface area (Å²) in [7, 11) is 0. The number of nitrogen functional groups attached to an aromatic ring is 1. The van der Waals surface area contributed by atoms with E-state index in [0.29, 0.717) is 6.42 Å². The predicted octanol–water partition coefficient (Wildman–Crippen LogP) is 3.49. The second kappa shape index (κ2) is 6.22. The Morgan fingerprint density at radius 2 is 2.00 bits per heavy atom. The Kier molecular flexibility index (Phi) is 4.14. The van der Waals surface area contributed by atoms with Crippen molar-refractivity contribution in [2.45, 2.75) is 32.6 Å². The molecule has 0 aliphatic carbocycles. The van der Waals surface area contributed by atoms with Gasteiger partial charge in [-0.1, -0.05) is 30.3 Å². The molecule has 0 spiro atoms. The number of nitrogens with zero attached hydrogens (tertiary/aromatic N) is 1. The van der Waals surface area contributed by atoms with E-state index < -0.39 is 0 Å². The Hall–Kier alpha value is -2.29. The smallest absolute Gasteiger partial charge is 0.227 e. The lowest BCUT2D eigenvalue weighted by Crippen LogP contribution is -2.35. The Balaban J connectivity index is 1.74. The van der Waals surface area contributed by atoms with E-state index in [1.807, 2.05) is 35.2 Å². The summed E-state index contributed by atoms with van der Waals surface area (Å²) in [4.78, 5) is 14.6. The molecule has 1 heterocycles. The topological polar surface area (TPSA) is 46.3 Å². The first-order chi connectivity index (χ1) is 10.7. The van der Waals surface area contributed by atoms with Crippen LogP contribution in [0.4, 0.5) is 11.4 Å². The number of carbonyl (C=O) groups is 1. The number of anilines is 2. The van der Waals surface area contributed by atoms with E-state index in [1.165, 1.54) is 11.1 Å². The van der Waals surface area contributed by atoms with Crippen LogP contribution >= 0.6 is 0 Å². The summed E-state index contributed by atoms with van der Waals surface area (Å²) in [6, 6.07) is 14.1. The van der Waals surface area contributed by atoms with Crippen molar-refractivity contribution in [1.82, 2.24) is 0 Å². The first-order valence-corrected chi connectivity index (χ1v) is 7.89. The quantitative estimate of drug-likeness (QED) is 0.881. The highest BCUT2D eigenvalue weighted by Gasteiger charge is 2.23. The fourth-order valence-corrected chi connectivity index (χ4v) is 3.18. The van der Waals surface area contributed by atoms with E-state index in [2.05, 4.69) is 19.1 Å². The highest BCUT2D eigenvalue weighted by atomic mass is 16.2. The molecule has 0 saturated heterocycles. The first kappa shape index (κ1) is 14.6. The standard InChI is InChI=1S/C19H22N2O/c1-14-6-2-3-7-15(14)11-12-19(22)21-13-5-8-16-17(20)9-4-10-18(16)21/h2-4,6-7,9-10H,5,8,11-13,20H2,1H3. The molecule has 3 heteroatoms. The number of hydrogen-bond acceptors (Lipinski definition) is 2. The number of rotatable bonds is 3. The summed E-state index contributed by atoms with van der Waals surface area (Å²) < 4.78 is 0. The van der Waals surface area contributed by atoms with Gasteiger partial charge in [0, 0.05) is 24.3 Å². The molecular formula is C19H22N2O. The number of fused-ring (bicyclic) bond motifs is 1. The molecule has 3 nitrogen and oxygen atoms in total. The van der Waals surface area contributed by atoms with Crippen LogP contribution in [0.3, 0.4) is 0 Å². The van der Waals surface area contributed by atoms with Gasteiger partial charge in [0.25, 0.3) is 0 Å². The van der Waals surface area contributed by atoms with Crippen LogP contribution in [0, 0.1) is 6.92 Å². The molecule has 0 bridgehead atoms. The molecule has 114 valence electrons. The van der Waals surface area contributed by atoms with Gasteiger partial charge < -0.3 is 10.6 Å². The SMILES string of the molecule is Cc1ccccc1CCC(=O)N1CCCc2c(N)cccc21. The predicted molar refractivity (Wildman–Crippen MR) is 91.0 cm³/mol. The molecule has 1 aliphatic heterocycles. The molecule has 0 fully saturated rings. The van der Waals surface area contributed by atoms with Gasteiger partial charge in [0.15, 0.2) is 0 Å². The lowest BCUT2D eigenvalue weighted by Gasteiger charge is -2.30. The largest absolute Gasteiger partial charge is 0.398 e. The Morgan fingerprint density at radius 3 is 2.82 bits per heavy atom. The minimum absolute atomic E-state index is 0.190. The molecule has 0 saturated carbocycles. The molecule has 1 aliphatic rings. The average Bonchev–Trinajstić information content (AvgIpc) is 2.54. The van der Waals surface area contributed by atoms with Crippen molar-refractivity contribution in [2.24, 2.45) is 0 Å². The molecule has 3 rings (SSSR count). The van der Waals surface area contributed by atoms with Crippen LogP contribution in [0.25, 0.3) is 0 Å². The van der Waals surface area contributed by atoms with Gasteiger partial charge in [-0.25, -0.2) is 0 Å². The van der Waals surface area contributed by atoms with E-state index in [0.717, 1.165) is 42.7 Å². The summed E-state index contributed by atoms with van der Waals surface area (Å²) in [6.07, 6.45) is 3.28. The lowest BCUT2D eigenvalue weighted by molar-refractivity contribution is -0.118. The number of carbonyl (C=O) groups excluding carboxylic acids is 1. The van der Waals surface area contributed by atoms with Gasteiger partial charge in [-0.2, -0.15) is 0 Å². The summed E-state index contributed by atoms with van der Waals surface area (Å²) in [6.45, 7) is 2.89. The number of aryl methyl sites for hydroxylation is 2. The minimum atomic E-state index is 0.190. The molecule has 1 amide bonds. The van der Waals surface area contributed by atoms with Gasteiger partial charge in [-0.3, -0.25) is 4.79 Å². The Morgan fingerprint density at radius 1 is 1.18 bits per heavy atom. The third-order valence-electron chi connectivity index (χ3n) is 4.46. The maximum Gasteiger partial charge on any atom is 0.227 e. The Labute approximate surface area is 131 Å². The fraction of sp³-hybridized carbons (Fsp3) is 0.316. The van der Waals surface area contributed by atoms with E-state index in [4.69, 9.17) is 5.73 Å². The second-order valence-corrected chi connectivity index (χ2v) is 5.92. The van der Waals surface area contributed by atoms with E-state index in [-0.39, 0.29) is 5.91 Å². The zero-order valence-corrected chi connectivity index (χ0v) is 13.0. The lowest BCUT2D eigenvalue weighted by atomic mass is 9.98. The third-order valence-corrected chi connectivity index (χ3v) is 4.46. The molecule has 22 heavy (non-hydrogen) atoms. The maximum atomic E-state index is 12.6. The van der Waals surface area contributed by atoms with Crippen molar-refractivity contribution in [3.8, 4) is 0 Å². The Bertz CT molecular complexity index is 694. The first-order valence-electron chi connectivity index (χ1n) is 7.89. The van der Waals surface area contributed by atoms with Crippen molar-refractivity contribution >= 4 is 17.3 Å². The van der Waals surface area contributed by atoms with Crippen LogP contribution in [-0.2, 0) is 17.6 Å². The second-order valence-electron chi connectivity index (χ2n) is 5.92. The number of nitrogens with two attached hydrogens (primary N) is 1. The minimum Gasteiger partial charge on any atom is -0.398 e. The molecule has 2 aromatic carbocycles. The van der Waals surface area contributed by atoms with Gasteiger partial charge in [-0.15, -0.1) is 0 Å². The zero-order valence-electron chi connectivity index (χ0n) is 13.0. The van der Waals surface area contributed by atoms with Crippen molar-refractivity contribution in [3.05, 3.63) is 59.2 Å². The maximum absolute atomic E-state index is 12.6. The van der Waals surface area contributed by atoms with E-state index in [1.54, 1.807) is 0 Å². The van der Waals surface area contributed by atoms with Crippen molar-refractivity contribution in [3.63, 3.8) is 0 Å². The van der Waals surface area contributed by atoms with Crippen LogP contribution in [0.1, 0.15) is 29.5 Å². The molecule has 0 unspecified atom stereocenters. The molecule has 2 N–H and O–H groups in total. The van der Waals surface area contributed by atoms with E-state index in [9.17, 15) is 4.79 Å².